The van der Waals surface area contributed by atoms with Crippen molar-refractivity contribution < 1.29 is 9.59 Å². The topological polar surface area (TPSA) is 55.9 Å². The van der Waals surface area contributed by atoms with Crippen LogP contribution in [-0.4, -0.2) is 67.4 Å². The Morgan fingerprint density at radius 1 is 0.821 bits per heavy atom. The third kappa shape index (κ3) is 6.95. The van der Waals surface area contributed by atoms with Crippen molar-refractivity contribution in [3.05, 3.63) is 102 Å². The number of hydrogen-bond donors (Lipinski definition) is 1. The third-order valence-corrected chi connectivity index (χ3v) is 7.96. The van der Waals surface area contributed by atoms with Gasteiger partial charge >= 0.3 is 0 Å². The standard InChI is InChI=1S/C33H38N4O2/c1-2-35-22-24-36(25-23-35)31-15-11-29(12-16-31)33(39)37-20-18-28(19-21-37)27-9-13-30(14-10-27)34-32(38)17-8-26-6-4-3-5-7-26/h3-17,28H,2,18-25H2,1H3,(H,34,38)/b17-8+. The summed E-state index contributed by atoms with van der Waals surface area (Å²) in [5.41, 5.74) is 5.00. The lowest BCUT2D eigenvalue weighted by Gasteiger charge is -2.35. The van der Waals surface area contributed by atoms with Crippen molar-refractivity contribution in [1.29, 1.82) is 0 Å². The zero-order valence-electron chi connectivity index (χ0n) is 22.8. The summed E-state index contributed by atoms with van der Waals surface area (Å²) in [6.45, 7) is 9.09. The lowest BCUT2D eigenvalue weighted by Crippen LogP contribution is -2.46. The molecule has 3 aromatic carbocycles. The molecular formula is C33H38N4O2. The average molecular weight is 523 g/mol. The summed E-state index contributed by atoms with van der Waals surface area (Å²) >= 11 is 0. The van der Waals surface area contributed by atoms with Crippen LogP contribution in [0, 0.1) is 0 Å². The van der Waals surface area contributed by atoms with Crippen molar-refractivity contribution in [2.75, 3.05) is 56.0 Å². The molecule has 0 atom stereocenters. The number of benzene rings is 3. The average Bonchev–Trinajstić information content (AvgIpc) is 3.01. The van der Waals surface area contributed by atoms with Crippen LogP contribution in [0.25, 0.3) is 6.08 Å². The number of likely N-dealkylation sites (N-methyl/N-ethyl adjacent to an activating group) is 1. The molecule has 2 saturated heterocycles. The van der Waals surface area contributed by atoms with Crippen LogP contribution in [0.2, 0.25) is 0 Å². The minimum atomic E-state index is -0.148. The SMILES string of the molecule is CCN1CCN(c2ccc(C(=O)N3CCC(c4ccc(NC(=O)/C=C/c5ccccc5)cc4)CC3)cc2)CC1. The molecule has 2 fully saturated rings. The van der Waals surface area contributed by atoms with Gasteiger partial charge in [-0.3, -0.25) is 9.59 Å². The molecule has 6 nitrogen and oxygen atoms in total. The Kier molecular flexibility index (Phi) is 8.74. The first-order chi connectivity index (χ1) is 19.1. The van der Waals surface area contributed by atoms with Gasteiger partial charge in [0.15, 0.2) is 0 Å². The summed E-state index contributed by atoms with van der Waals surface area (Å²) < 4.78 is 0. The maximum absolute atomic E-state index is 13.2. The molecule has 0 radical (unpaired) electrons. The minimum absolute atomic E-state index is 0.123. The van der Waals surface area contributed by atoms with E-state index in [0.717, 1.165) is 75.5 Å². The van der Waals surface area contributed by atoms with Crippen molar-refractivity contribution in [2.24, 2.45) is 0 Å². The first-order valence-electron chi connectivity index (χ1n) is 14.1. The molecule has 2 heterocycles. The number of piperidine rings is 1. The number of nitrogens with zero attached hydrogens (tertiary/aromatic N) is 3. The number of piperazine rings is 1. The van der Waals surface area contributed by atoms with Gasteiger partial charge in [0.1, 0.15) is 0 Å². The second kappa shape index (κ2) is 12.8. The van der Waals surface area contributed by atoms with Gasteiger partial charge in [0.05, 0.1) is 0 Å². The number of rotatable bonds is 7. The zero-order chi connectivity index (χ0) is 27.0. The van der Waals surface area contributed by atoms with Crippen molar-refractivity contribution in [2.45, 2.75) is 25.7 Å². The summed E-state index contributed by atoms with van der Waals surface area (Å²) in [6.07, 6.45) is 5.24. The van der Waals surface area contributed by atoms with Crippen LogP contribution in [0.5, 0.6) is 0 Å². The Hall–Kier alpha value is -3.90. The number of hydrogen-bond acceptors (Lipinski definition) is 4. The van der Waals surface area contributed by atoms with Gasteiger partial charge in [-0.2, -0.15) is 0 Å². The van der Waals surface area contributed by atoms with E-state index in [-0.39, 0.29) is 11.8 Å². The normalized spacial score (nSPS) is 16.9. The molecule has 0 spiro atoms. The molecule has 2 amide bonds. The van der Waals surface area contributed by atoms with Gasteiger partial charge in [0, 0.05) is 62.3 Å². The number of carbonyl (C=O) groups excluding carboxylic acids is 2. The maximum Gasteiger partial charge on any atom is 0.253 e. The van der Waals surface area contributed by atoms with Crippen LogP contribution in [-0.2, 0) is 4.79 Å². The smallest absolute Gasteiger partial charge is 0.253 e. The van der Waals surface area contributed by atoms with E-state index in [1.165, 1.54) is 11.3 Å². The first kappa shape index (κ1) is 26.7. The quantitative estimate of drug-likeness (QED) is 0.417. The van der Waals surface area contributed by atoms with E-state index in [2.05, 4.69) is 46.3 Å². The summed E-state index contributed by atoms with van der Waals surface area (Å²) in [7, 11) is 0. The predicted molar refractivity (Wildman–Crippen MR) is 159 cm³/mol. The number of amides is 2. The van der Waals surface area contributed by atoms with Crippen LogP contribution in [0.15, 0.2) is 84.9 Å². The van der Waals surface area contributed by atoms with Crippen LogP contribution in [0.4, 0.5) is 11.4 Å². The van der Waals surface area contributed by atoms with Crippen LogP contribution < -0.4 is 10.2 Å². The van der Waals surface area contributed by atoms with Crippen molar-refractivity contribution in [1.82, 2.24) is 9.80 Å². The summed E-state index contributed by atoms with van der Waals surface area (Å²) in [5, 5.41) is 2.93. The summed E-state index contributed by atoms with van der Waals surface area (Å²) in [5.74, 6) is 0.392. The van der Waals surface area contributed by atoms with Crippen molar-refractivity contribution in [3.8, 4) is 0 Å². The van der Waals surface area contributed by atoms with Crippen molar-refractivity contribution >= 4 is 29.3 Å². The Bertz CT molecular complexity index is 1260. The predicted octanol–water partition coefficient (Wildman–Crippen LogP) is 5.50. The van der Waals surface area contributed by atoms with Gasteiger partial charge in [0.2, 0.25) is 5.91 Å². The van der Waals surface area contributed by atoms with Gasteiger partial charge in [-0.1, -0.05) is 49.4 Å². The third-order valence-electron chi connectivity index (χ3n) is 7.96. The molecule has 2 aliphatic rings. The van der Waals surface area contributed by atoms with E-state index >= 15 is 0 Å². The number of carbonyl (C=O) groups is 2. The molecule has 2 aliphatic heterocycles. The Morgan fingerprint density at radius 3 is 2.13 bits per heavy atom. The highest BCUT2D eigenvalue weighted by Gasteiger charge is 2.25. The minimum Gasteiger partial charge on any atom is -0.369 e. The van der Waals surface area contributed by atoms with E-state index in [9.17, 15) is 9.59 Å². The lowest BCUT2D eigenvalue weighted by atomic mass is 9.89. The van der Waals surface area contributed by atoms with E-state index in [1.54, 1.807) is 6.08 Å². The number of nitrogens with one attached hydrogen (secondary N) is 1. The molecule has 0 unspecified atom stereocenters. The van der Waals surface area contributed by atoms with Gasteiger partial charge in [-0.05, 0) is 78.9 Å². The molecule has 39 heavy (non-hydrogen) atoms. The summed E-state index contributed by atoms with van der Waals surface area (Å²) in [6, 6.07) is 26.1. The molecule has 5 rings (SSSR count). The van der Waals surface area contributed by atoms with Gasteiger partial charge < -0.3 is 20.0 Å². The fourth-order valence-corrected chi connectivity index (χ4v) is 5.49. The van der Waals surface area contributed by atoms with Gasteiger partial charge in [0.25, 0.3) is 5.91 Å². The highest BCUT2D eigenvalue weighted by molar-refractivity contribution is 6.01. The van der Waals surface area contributed by atoms with E-state index in [0.29, 0.717) is 5.92 Å². The zero-order valence-corrected chi connectivity index (χ0v) is 22.8. The fourth-order valence-electron chi connectivity index (χ4n) is 5.49. The van der Waals surface area contributed by atoms with Crippen LogP contribution >= 0.6 is 0 Å². The summed E-state index contributed by atoms with van der Waals surface area (Å²) in [4.78, 5) is 32.3. The second-order valence-electron chi connectivity index (χ2n) is 10.4. The Morgan fingerprint density at radius 2 is 1.49 bits per heavy atom. The first-order valence-corrected chi connectivity index (χ1v) is 14.1. The fraction of sp³-hybridized carbons (Fsp3) is 0.333. The van der Waals surface area contributed by atoms with Gasteiger partial charge in [-0.25, -0.2) is 0 Å². The van der Waals surface area contributed by atoms with Gasteiger partial charge in [-0.15, -0.1) is 0 Å². The van der Waals surface area contributed by atoms with Crippen LogP contribution in [0.3, 0.4) is 0 Å². The van der Waals surface area contributed by atoms with E-state index < -0.39 is 0 Å². The maximum atomic E-state index is 13.2. The monoisotopic (exact) mass is 522 g/mol. The van der Waals surface area contributed by atoms with E-state index in [4.69, 9.17) is 0 Å². The van der Waals surface area contributed by atoms with Crippen molar-refractivity contribution in [3.63, 3.8) is 0 Å². The number of likely N-dealkylation sites (tertiary alicyclic amines) is 1. The molecule has 0 aromatic heterocycles. The molecule has 0 saturated carbocycles. The largest absolute Gasteiger partial charge is 0.369 e. The van der Waals surface area contributed by atoms with Crippen LogP contribution in [0.1, 0.15) is 47.2 Å². The highest BCUT2D eigenvalue weighted by Crippen LogP contribution is 2.30. The lowest BCUT2D eigenvalue weighted by molar-refractivity contribution is -0.111. The number of anilines is 2. The van der Waals surface area contributed by atoms with E-state index in [1.807, 2.05) is 65.6 Å². The molecule has 0 aliphatic carbocycles. The molecule has 1 N–H and O–H groups in total. The molecule has 3 aromatic rings. The molecular weight excluding hydrogens is 484 g/mol. The molecule has 0 bridgehead atoms. The Balaban J connectivity index is 1.09. The Labute approximate surface area is 231 Å². The molecule has 202 valence electrons. The second-order valence-corrected chi connectivity index (χ2v) is 10.4. The highest BCUT2D eigenvalue weighted by atomic mass is 16.2. The molecule has 6 heteroatoms.